The molecule has 0 atom stereocenters. The molecule has 0 unspecified atom stereocenters. The van der Waals surface area contributed by atoms with Crippen LogP contribution in [0, 0.1) is 13.8 Å². The molecule has 1 heterocycles. The summed E-state index contributed by atoms with van der Waals surface area (Å²) >= 11 is 0. The van der Waals surface area contributed by atoms with Gasteiger partial charge in [-0.05, 0) is 55.2 Å². The summed E-state index contributed by atoms with van der Waals surface area (Å²) in [4.78, 5) is 4.46. The second kappa shape index (κ2) is 7.70. The molecule has 1 aromatic heterocycles. The number of aromatic nitrogens is 1. The number of anilines is 1. The average molecular weight is 366 g/mol. The van der Waals surface area contributed by atoms with Crippen molar-refractivity contribution in [3.05, 3.63) is 89.7 Å². The van der Waals surface area contributed by atoms with Gasteiger partial charge in [0.05, 0.1) is 16.8 Å². The minimum Gasteiger partial charge on any atom is -0.264 e. The molecule has 0 radical (unpaired) electrons. The van der Waals surface area contributed by atoms with E-state index in [9.17, 15) is 8.42 Å². The highest BCUT2D eigenvalue weighted by Crippen LogP contribution is 2.24. The molecule has 3 rings (SSSR count). The van der Waals surface area contributed by atoms with Crippen molar-refractivity contribution in [3.63, 3.8) is 0 Å². The maximum absolute atomic E-state index is 13.2. The molecular weight excluding hydrogens is 344 g/mol. The van der Waals surface area contributed by atoms with Crippen molar-refractivity contribution in [2.45, 2.75) is 25.2 Å². The molecule has 4 nitrogen and oxygen atoms in total. The van der Waals surface area contributed by atoms with E-state index in [1.54, 1.807) is 36.7 Å². The highest BCUT2D eigenvalue weighted by Gasteiger charge is 2.25. The molecule has 3 aromatic rings. The van der Waals surface area contributed by atoms with E-state index in [-0.39, 0.29) is 4.90 Å². The third kappa shape index (κ3) is 3.94. The van der Waals surface area contributed by atoms with Crippen molar-refractivity contribution in [2.24, 2.45) is 0 Å². The van der Waals surface area contributed by atoms with E-state index in [0.717, 1.165) is 16.7 Å². The van der Waals surface area contributed by atoms with Crippen LogP contribution in [-0.4, -0.2) is 19.9 Å². The van der Waals surface area contributed by atoms with Gasteiger partial charge in [-0.3, -0.25) is 9.29 Å². The van der Waals surface area contributed by atoms with Gasteiger partial charge in [0, 0.05) is 12.7 Å². The Morgan fingerprint density at radius 3 is 2.31 bits per heavy atom. The molecule has 5 heteroatoms. The topological polar surface area (TPSA) is 50.3 Å². The SMILES string of the molecule is Cc1cncc(N(CCc2ccccc2C)S(=O)(=O)c2ccccc2)c1. The molecule has 0 saturated heterocycles. The van der Waals surface area contributed by atoms with Crippen LogP contribution in [-0.2, 0) is 16.4 Å². The lowest BCUT2D eigenvalue weighted by Gasteiger charge is -2.25. The van der Waals surface area contributed by atoms with Gasteiger partial charge in [-0.15, -0.1) is 0 Å². The Morgan fingerprint density at radius 1 is 0.923 bits per heavy atom. The lowest BCUT2D eigenvalue weighted by molar-refractivity contribution is 0.590. The number of rotatable bonds is 6. The number of hydrogen-bond donors (Lipinski definition) is 0. The zero-order chi connectivity index (χ0) is 18.6. The summed E-state index contributed by atoms with van der Waals surface area (Å²) in [7, 11) is -3.66. The second-order valence-corrected chi connectivity index (χ2v) is 8.15. The maximum Gasteiger partial charge on any atom is 0.264 e. The monoisotopic (exact) mass is 366 g/mol. The molecule has 0 aliphatic carbocycles. The van der Waals surface area contributed by atoms with Crippen LogP contribution in [0.4, 0.5) is 5.69 Å². The highest BCUT2D eigenvalue weighted by molar-refractivity contribution is 7.92. The summed E-state index contributed by atoms with van der Waals surface area (Å²) in [5.41, 5.74) is 3.81. The summed E-state index contributed by atoms with van der Waals surface area (Å²) in [5.74, 6) is 0. The third-order valence-electron chi connectivity index (χ3n) is 4.33. The molecule has 0 N–H and O–H groups in total. The average Bonchev–Trinajstić information content (AvgIpc) is 2.64. The molecule has 2 aromatic carbocycles. The highest BCUT2D eigenvalue weighted by atomic mass is 32.2. The van der Waals surface area contributed by atoms with Crippen molar-refractivity contribution in [2.75, 3.05) is 10.8 Å². The van der Waals surface area contributed by atoms with Crippen LogP contribution in [0.3, 0.4) is 0 Å². The Balaban J connectivity index is 1.98. The van der Waals surface area contributed by atoms with E-state index in [0.29, 0.717) is 18.7 Å². The number of aryl methyl sites for hydroxylation is 2. The molecule has 26 heavy (non-hydrogen) atoms. The third-order valence-corrected chi connectivity index (χ3v) is 6.17. The molecule has 0 saturated carbocycles. The minimum absolute atomic E-state index is 0.284. The summed E-state index contributed by atoms with van der Waals surface area (Å²) < 4.78 is 28.0. The molecule has 0 bridgehead atoms. The maximum atomic E-state index is 13.2. The van der Waals surface area contributed by atoms with Gasteiger partial charge < -0.3 is 0 Å². The van der Waals surface area contributed by atoms with Gasteiger partial charge in [0.2, 0.25) is 0 Å². The smallest absolute Gasteiger partial charge is 0.264 e. The Hall–Kier alpha value is -2.66. The molecule has 0 aliphatic heterocycles. The standard InChI is InChI=1S/C21H22N2O2S/c1-17-14-20(16-22-15-17)23(13-12-19-9-7-6-8-18(19)2)26(24,25)21-10-4-3-5-11-21/h3-11,14-16H,12-13H2,1-2H3. The molecule has 0 amide bonds. The normalized spacial score (nSPS) is 11.3. The molecule has 0 aliphatic rings. The first-order valence-electron chi connectivity index (χ1n) is 8.52. The predicted octanol–water partition coefficient (Wildman–Crippen LogP) is 4.14. The van der Waals surface area contributed by atoms with E-state index >= 15 is 0 Å². The van der Waals surface area contributed by atoms with Crippen molar-refractivity contribution in [3.8, 4) is 0 Å². The van der Waals surface area contributed by atoms with Gasteiger partial charge in [-0.25, -0.2) is 8.42 Å². The van der Waals surface area contributed by atoms with Gasteiger partial charge in [0.1, 0.15) is 0 Å². The fraction of sp³-hybridized carbons (Fsp3) is 0.190. The zero-order valence-electron chi connectivity index (χ0n) is 15.0. The number of pyridine rings is 1. The Kier molecular flexibility index (Phi) is 5.38. The van der Waals surface area contributed by atoms with Crippen LogP contribution in [0.1, 0.15) is 16.7 Å². The van der Waals surface area contributed by atoms with Gasteiger partial charge in [-0.1, -0.05) is 42.5 Å². The van der Waals surface area contributed by atoms with Crippen LogP contribution < -0.4 is 4.31 Å². The van der Waals surface area contributed by atoms with Crippen LogP contribution in [0.5, 0.6) is 0 Å². The molecule has 134 valence electrons. The fourth-order valence-corrected chi connectivity index (χ4v) is 4.36. The first-order valence-corrected chi connectivity index (χ1v) is 9.96. The lowest BCUT2D eigenvalue weighted by atomic mass is 10.1. The molecule has 0 spiro atoms. The Morgan fingerprint density at radius 2 is 1.62 bits per heavy atom. The summed E-state index contributed by atoms with van der Waals surface area (Å²) in [5, 5.41) is 0. The molecular formula is C21H22N2O2S. The Labute approximate surface area is 155 Å². The van der Waals surface area contributed by atoms with E-state index < -0.39 is 10.0 Å². The first kappa shape index (κ1) is 18.1. The van der Waals surface area contributed by atoms with Gasteiger partial charge >= 0.3 is 0 Å². The quantitative estimate of drug-likeness (QED) is 0.659. The van der Waals surface area contributed by atoms with Gasteiger partial charge in [0.25, 0.3) is 10.0 Å². The van der Waals surface area contributed by atoms with E-state index in [4.69, 9.17) is 0 Å². The predicted molar refractivity (Wildman–Crippen MR) is 105 cm³/mol. The minimum atomic E-state index is -3.66. The fourth-order valence-electron chi connectivity index (χ4n) is 2.90. The van der Waals surface area contributed by atoms with Crippen molar-refractivity contribution < 1.29 is 8.42 Å². The van der Waals surface area contributed by atoms with Crippen LogP contribution in [0.15, 0.2) is 78.0 Å². The second-order valence-electron chi connectivity index (χ2n) is 6.29. The van der Waals surface area contributed by atoms with Crippen LogP contribution in [0.25, 0.3) is 0 Å². The van der Waals surface area contributed by atoms with Crippen LogP contribution in [0.2, 0.25) is 0 Å². The van der Waals surface area contributed by atoms with Gasteiger partial charge in [0.15, 0.2) is 0 Å². The number of benzene rings is 2. The largest absolute Gasteiger partial charge is 0.264 e. The first-order chi connectivity index (χ1) is 12.5. The van der Waals surface area contributed by atoms with E-state index in [1.165, 1.54) is 4.31 Å². The number of hydrogen-bond acceptors (Lipinski definition) is 3. The van der Waals surface area contributed by atoms with Crippen molar-refractivity contribution in [1.82, 2.24) is 4.98 Å². The lowest BCUT2D eigenvalue weighted by Crippen LogP contribution is -2.33. The molecule has 0 fully saturated rings. The Bertz CT molecular complexity index is 986. The van der Waals surface area contributed by atoms with Gasteiger partial charge in [-0.2, -0.15) is 0 Å². The summed E-state index contributed by atoms with van der Waals surface area (Å²) in [6, 6.07) is 18.4. The van der Waals surface area contributed by atoms with Crippen LogP contribution >= 0.6 is 0 Å². The summed E-state index contributed by atoms with van der Waals surface area (Å²) in [6.45, 7) is 4.30. The van der Waals surface area contributed by atoms with E-state index in [2.05, 4.69) is 4.98 Å². The number of nitrogens with zero attached hydrogens (tertiary/aromatic N) is 2. The number of sulfonamides is 1. The van der Waals surface area contributed by atoms with Crippen molar-refractivity contribution in [1.29, 1.82) is 0 Å². The summed E-state index contributed by atoms with van der Waals surface area (Å²) in [6.07, 6.45) is 3.95. The van der Waals surface area contributed by atoms with E-state index in [1.807, 2.05) is 50.2 Å². The zero-order valence-corrected chi connectivity index (χ0v) is 15.8. The van der Waals surface area contributed by atoms with Crippen molar-refractivity contribution >= 4 is 15.7 Å².